The van der Waals surface area contributed by atoms with Crippen molar-refractivity contribution in [2.24, 2.45) is 0 Å². The minimum absolute atomic E-state index is 0. The largest absolute Gasteiger partial charge is 0.468 e. The van der Waals surface area contributed by atoms with Gasteiger partial charge in [-0.05, 0) is 7.05 Å². The van der Waals surface area contributed by atoms with Gasteiger partial charge in [-0.15, -0.1) is 0 Å². The van der Waals surface area contributed by atoms with E-state index in [1.807, 2.05) is 0 Å². The fourth-order valence-electron chi connectivity index (χ4n) is 0.217. The quantitative estimate of drug-likeness (QED) is 0.520. The Morgan fingerprint density at radius 2 is 2.25 bits per heavy atom. The zero-order valence-corrected chi connectivity index (χ0v) is 4.52. The molecule has 0 amide bonds. The first-order valence-electron chi connectivity index (χ1n) is 2.02. The van der Waals surface area contributed by atoms with Gasteiger partial charge in [0.2, 0.25) is 0 Å². The molecule has 3 heteroatoms. The summed E-state index contributed by atoms with van der Waals surface area (Å²) >= 11 is 0. The van der Waals surface area contributed by atoms with Gasteiger partial charge in [0, 0.05) is 0 Å². The third kappa shape index (κ3) is 5.43. The van der Waals surface area contributed by atoms with Crippen LogP contribution in [0.3, 0.4) is 0 Å². The van der Waals surface area contributed by atoms with Crippen LogP contribution in [0.25, 0.3) is 0 Å². The SMILES string of the molecule is C.CNCC(=O)OC. The summed E-state index contributed by atoms with van der Waals surface area (Å²) in [7, 11) is 3.05. The molecule has 0 rings (SSSR count). The molecule has 0 aromatic heterocycles. The Morgan fingerprint density at radius 1 is 1.75 bits per heavy atom. The van der Waals surface area contributed by atoms with E-state index in [1.165, 1.54) is 7.11 Å². The van der Waals surface area contributed by atoms with Crippen molar-refractivity contribution < 1.29 is 9.53 Å². The van der Waals surface area contributed by atoms with Crippen LogP contribution in [0.2, 0.25) is 0 Å². The number of rotatable bonds is 2. The lowest BCUT2D eigenvalue weighted by Gasteiger charge is -1.93. The highest BCUT2D eigenvalue weighted by Crippen LogP contribution is 1.64. The fourth-order valence-corrected chi connectivity index (χ4v) is 0.217. The van der Waals surface area contributed by atoms with Gasteiger partial charge in [0.15, 0.2) is 0 Å². The molecular weight excluding hydrogens is 106 g/mol. The van der Waals surface area contributed by atoms with Gasteiger partial charge >= 0.3 is 5.97 Å². The van der Waals surface area contributed by atoms with Gasteiger partial charge in [0.1, 0.15) is 0 Å². The molecule has 0 spiro atoms. The topological polar surface area (TPSA) is 38.3 Å². The lowest BCUT2D eigenvalue weighted by atomic mass is 10.7. The smallest absolute Gasteiger partial charge is 0.319 e. The molecular formula is C5H13NO2. The summed E-state index contributed by atoms with van der Waals surface area (Å²) in [5, 5.41) is 2.64. The molecule has 0 unspecified atom stereocenters. The number of carbonyl (C=O) groups is 1. The van der Waals surface area contributed by atoms with E-state index in [4.69, 9.17) is 0 Å². The molecule has 0 aliphatic heterocycles. The van der Waals surface area contributed by atoms with E-state index in [0.29, 0.717) is 0 Å². The number of hydrogen-bond donors (Lipinski definition) is 1. The Morgan fingerprint density at radius 3 is 2.38 bits per heavy atom. The molecule has 1 N–H and O–H groups in total. The zero-order valence-electron chi connectivity index (χ0n) is 4.52. The molecule has 0 aliphatic rings. The lowest BCUT2D eigenvalue weighted by Crippen LogP contribution is -2.19. The van der Waals surface area contributed by atoms with Crippen molar-refractivity contribution in [1.82, 2.24) is 5.32 Å². The number of carbonyl (C=O) groups excluding carboxylic acids is 1. The Hall–Kier alpha value is -0.570. The van der Waals surface area contributed by atoms with E-state index in [0.717, 1.165) is 0 Å². The van der Waals surface area contributed by atoms with Crippen LogP contribution >= 0.6 is 0 Å². The summed E-state index contributed by atoms with van der Waals surface area (Å²) in [5.74, 6) is -0.234. The Kier molecular flexibility index (Phi) is 8.37. The summed E-state index contributed by atoms with van der Waals surface area (Å²) in [4.78, 5) is 10.1. The van der Waals surface area contributed by atoms with E-state index >= 15 is 0 Å². The molecule has 0 aromatic rings. The second-order valence-corrected chi connectivity index (χ2v) is 1.11. The highest BCUT2D eigenvalue weighted by Gasteiger charge is 1.91. The number of esters is 1. The zero-order chi connectivity index (χ0) is 5.70. The van der Waals surface area contributed by atoms with Crippen LogP contribution < -0.4 is 5.32 Å². The van der Waals surface area contributed by atoms with Gasteiger partial charge in [-0.25, -0.2) is 0 Å². The van der Waals surface area contributed by atoms with Crippen LogP contribution in [0, 0.1) is 0 Å². The van der Waals surface area contributed by atoms with Crippen molar-refractivity contribution in [3.63, 3.8) is 0 Å². The number of nitrogens with one attached hydrogen (secondary N) is 1. The third-order valence-corrected chi connectivity index (χ3v) is 0.549. The number of hydrogen-bond acceptors (Lipinski definition) is 3. The highest BCUT2D eigenvalue weighted by atomic mass is 16.5. The first-order valence-corrected chi connectivity index (χ1v) is 2.02. The molecule has 0 aliphatic carbocycles. The fraction of sp³-hybridized carbons (Fsp3) is 0.800. The second-order valence-electron chi connectivity index (χ2n) is 1.11. The summed E-state index contributed by atoms with van der Waals surface area (Å²) in [6, 6.07) is 0. The predicted octanol–water partition coefficient (Wildman–Crippen LogP) is 0.0149. The standard InChI is InChI=1S/C4H9NO2.CH4/c1-5-3-4(6)7-2;/h5H,3H2,1-2H3;1H4. The van der Waals surface area contributed by atoms with Crippen molar-refractivity contribution in [3.8, 4) is 0 Å². The van der Waals surface area contributed by atoms with Gasteiger partial charge in [-0.3, -0.25) is 4.79 Å². The molecule has 0 bridgehead atoms. The van der Waals surface area contributed by atoms with Crippen LogP contribution in [-0.2, 0) is 9.53 Å². The first kappa shape index (κ1) is 10.4. The average Bonchev–Trinajstić information content (AvgIpc) is 1.68. The molecule has 8 heavy (non-hydrogen) atoms. The van der Waals surface area contributed by atoms with Gasteiger partial charge < -0.3 is 10.1 Å². The maximum absolute atomic E-state index is 10.1. The van der Waals surface area contributed by atoms with Gasteiger partial charge in [0.25, 0.3) is 0 Å². The average molecular weight is 119 g/mol. The predicted molar refractivity (Wildman–Crippen MR) is 32.7 cm³/mol. The van der Waals surface area contributed by atoms with Crippen LogP contribution in [-0.4, -0.2) is 26.7 Å². The van der Waals surface area contributed by atoms with E-state index in [1.54, 1.807) is 7.05 Å². The maximum Gasteiger partial charge on any atom is 0.319 e. The van der Waals surface area contributed by atoms with Crippen molar-refractivity contribution >= 4 is 5.97 Å². The van der Waals surface area contributed by atoms with Crippen molar-refractivity contribution in [2.45, 2.75) is 7.43 Å². The van der Waals surface area contributed by atoms with Crippen molar-refractivity contribution in [1.29, 1.82) is 0 Å². The minimum atomic E-state index is -0.234. The molecule has 0 heterocycles. The van der Waals surface area contributed by atoms with Crippen LogP contribution in [0.5, 0.6) is 0 Å². The molecule has 50 valence electrons. The second kappa shape index (κ2) is 6.43. The first-order chi connectivity index (χ1) is 3.31. The lowest BCUT2D eigenvalue weighted by molar-refractivity contribution is -0.139. The highest BCUT2D eigenvalue weighted by molar-refractivity contribution is 5.71. The minimum Gasteiger partial charge on any atom is -0.468 e. The van der Waals surface area contributed by atoms with Crippen LogP contribution in [0.15, 0.2) is 0 Å². The normalized spacial score (nSPS) is 7.25. The van der Waals surface area contributed by atoms with E-state index in [2.05, 4.69) is 10.1 Å². The van der Waals surface area contributed by atoms with E-state index < -0.39 is 0 Å². The van der Waals surface area contributed by atoms with Gasteiger partial charge in [-0.1, -0.05) is 7.43 Å². The van der Waals surface area contributed by atoms with Crippen molar-refractivity contribution in [3.05, 3.63) is 0 Å². The summed E-state index contributed by atoms with van der Waals surface area (Å²) in [6.45, 7) is 0.288. The Bertz CT molecular complexity index is 63.4. The van der Waals surface area contributed by atoms with Crippen LogP contribution in [0.4, 0.5) is 0 Å². The molecule has 0 saturated heterocycles. The monoisotopic (exact) mass is 119 g/mol. The van der Waals surface area contributed by atoms with Gasteiger partial charge in [0.05, 0.1) is 13.7 Å². The Labute approximate surface area is 50.0 Å². The summed E-state index contributed by atoms with van der Waals surface area (Å²) < 4.78 is 4.29. The molecule has 0 radical (unpaired) electrons. The summed E-state index contributed by atoms with van der Waals surface area (Å²) in [6.07, 6.45) is 0. The molecule has 0 atom stereocenters. The van der Waals surface area contributed by atoms with Gasteiger partial charge in [-0.2, -0.15) is 0 Å². The number of likely N-dealkylation sites (N-methyl/N-ethyl adjacent to an activating group) is 1. The third-order valence-electron chi connectivity index (χ3n) is 0.549. The maximum atomic E-state index is 10.1. The Balaban J connectivity index is 0. The van der Waals surface area contributed by atoms with E-state index in [9.17, 15) is 4.79 Å². The molecule has 0 saturated carbocycles. The molecule has 0 aromatic carbocycles. The number of ether oxygens (including phenoxy) is 1. The van der Waals surface area contributed by atoms with Crippen molar-refractivity contribution in [2.75, 3.05) is 20.7 Å². The molecule has 0 fully saturated rings. The van der Waals surface area contributed by atoms with E-state index in [-0.39, 0.29) is 19.9 Å². The molecule has 3 nitrogen and oxygen atoms in total. The van der Waals surface area contributed by atoms with Crippen LogP contribution in [0.1, 0.15) is 7.43 Å². The number of methoxy groups -OCH3 is 1. The summed E-state index contributed by atoms with van der Waals surface area (Å²) in [5.41, 5.74) is 0.